The van der Waals surface area contributed by atoms with Gasteiger partial charge in [-0.15, -0.1) is 0 Å². The molecule has 2 aromatic heterocycles. The molecule has 0 saturated carbocycles. The third-order valence-electron chi connectivity index (χ3n) is 4.19. The zero-order valence-corrected chi connectivity index (χ0v) is 16.2. The van der Waals surface area contributed by atoms with E-state index in [0.29, 0.717) is 12.1 Å². The molecule has 3 aromatic rings. The van der Waals surface area contributed by atoms with Crippen LogP contribution < -0.4 is 5.32 Å². The largest absolute Gasteiger partial charge is 0.325 e. The Morgan fingerprint density at radius 3 is 2.88 bits per heavy atom. The first-order valence-corrected chi connectivity index (χ1v) is 9.00. The third kappa shape index (κ3) is 3.96. The van der Waals surface area contributed by atoms with E-state index >= 15 is 0 Å². The Morgan fingerprint density at radius 2 is 2.15 bits per heavy atom. The van der Waals surface area contributed by atoms with Gasteiger partial charge in [-0.2, -0.15) is 5.26 Å². The molecule has 132 valence electrons. The number of amides is 1. The van der Waals surface area contributed by atoms with Gasteiger partial charge in [0.15, 0.2) is 0 Å². The number of fused-ring (bicyclic) bond motifs is 1. The molecule has 0 aliphatic carbocycles. The number of hydrogen-bond acceptors (Lipinski definition) is 3. The summed E-state index contributed by atoms with van der Waals surface area (Å²) in [6.07, 6.45) is 3.86. The number of pyridine rings is 1. The predicted octanol–water partition coefficient (Wildman–Crippen LogP) is 3.95. The molecular weight excluding hydrogens is 392 g/mol. The van der Waals surface area contributed by atoms with E-state index < -0.39 is 0 Å². The maximum absolute atomic E-state index is 12.3. The van der Waals surface area contributed by atoms with E-state index in [2.05, 4.69) is 27.3 Å². The summed E-state index contributed by atoms with van der Waals surface area (Å²) >= 11 is 3.42. The summed E-state index contributed by atoms with van der Waals surface area (Å²) in [7, 11) is 1.87. The molecule has 0 aliphatic rings. The highest BCUT2D eigenvalue weighted by molar-refractivity contribution is 9.10. The fourth-order valence-electron chi connectivity index (χ4n) is 2.98. The Labute approximate surface area is 161 Å². The van der Waals surface area contributed by atoms with Crippen LogP contribution in [0.5, 0.6) is 0 Å². The van der Waals surface area contributed by atoms with Crippen LogP contribution in [0.4, 0.5) is 5.69 Å². The molecule has 2 heterocycles. The maximum Gasteiger partial charge on any atom is 0.238 e. The molecule has 5 nitrogen and oxygen atoms in total. The number of anilines is 1. The SMILES string of the molecule is Cc1cc(Br)ccc1NC(=O)CN(C)Cc1cn2ccccc2c1C#N. The summed E-state index contributed by atoms with van der Waals surface area (Å²) in [5.74, 6) is -0.0832. The number of aryl methyl sites for hydroxylation is 1. The van der Waals surface area contributed by atoms with Crippen molar-refractivity contribution in [3.63, 3.8) is 0 Å². The van der Waals surface area contributed by atoms with E-state index in [1.165, 1.54) is 0 Å². The zero-order valence-electron chi connectivity index (χ0n) is 14.7. The molecule has 0 unspecified atom stereocenters. The van der Waals surface area contributed by atoms with E-state index in [1.807, 2.05) is 72.1 Å². The molecule has 0 radical (unpaired) electrons. The number of carbonyl (C=O) groups is 1. The Kier molecular flexibility index (Phi) is 5.40. The average molecular weight is 411 g/mol. The fourth-order valence-corrected chi connectivity index (χ4v) is 3.45. The molecule has 0 saturated heterocycles. The number of hydrogen-bond donors (Lipinski definition) is 1. The Balaban J connectivity index is 1.68. The van der Waals surface area contributed by atoms with E-state index in [9.17, 15) is 10.1 Å². The lowest BCUT2D eigenvalue weighted by atomic mass is 10.1. The van der Waals surface area contributed by atoms with Crippen molar-refractivity contribution in [3.05, 3.63) is 70.0 Å². The molecule has 1 N–H and O–H groups in total. The second kappa shape index (κ2) is 7.73. The summed E-state index contributed by atoms with van der Waals surface area (Å²) in [4.78, 5) is 14.2. The Morgan fingerprint density at radius 1 is 1.35 bits per heavy atom. The van der Waals surface area contributed by atoms with Crippen LogP contribution in [0.1, 0.15) is 16.7 Å². The summed E-state index contributed by atoms with van der Waals surface area (Å²) in [6, 6.07) is 13.8. The number of benzene rings is 1. The van der Waals surface area contributed by atoms with Crippen LogP contribution in [0.3, 0.4) is 0 Å². The van der Waals surface area contributed by atoms with Gasteiger partial charge in [-0.05, 0) is 49.9 Å². The summed E-state index contributed by atoms with van der Waals surface area (Å²) < 4.78 is 2.92. The summed E-state index contributed by atoms with van der Waals surface area (Å²) in [6.45, 7) is 2.72. The standard InChI is InChI=1S/C20H19BrN4O/c1-14-9-16(21)6-7-18(14)23-20(26)13-24(2)11-15-12-25-8-4-3-5-19(25)17(15)10-22/h3-9,12H,11,13H2,1-2H3,(H,23,26). The van der Waals surface area contributed by atoms with E-state index in [1.54, 1.807) is 0 Å². The van der Waals surface area contributed by atoms with Crippen molar-refractivity contribution < 1.29 is 4.79 Å². The summed E-state index contributed by atoms with van der Waals surface area (Å²) in [5.41, 5.74) is 4.25. The quantitative estimate of drug-likeness (QED) is 0.692. The van der Waals surface area contributed by atoms with Crippen LogP contribution in [0.25, 0.3) is 5.52 Å². The van der Waals surface area contributed by atoms with Crippen molar-refractivity contribution in [1.82, 2.24) is 9.30 Å². The first-order valence-electron chi connectivity index (χ1n) is 8.21. The van der Waals surface area contributed by atoms with Crippen LogP contribution in [0.15, 0.2) is 53.3 Å². The lowest BCUT2D eigenvalue weighted by molar-refractivity contribution is -0.117. The second-order valence-electron chi connectivity index (χ2n) is 6.31. The van der Waals surface area contributed by atoms with Crippen molar-refractivity contribution >= 4 is 33.0 Å². The minimum atomic E-state index is -0.0832. The van der Waals surface area contributed by atoms with Gasteiger partial charge >= 0.3 is 0 Å². The van der Waals surface area contributed by atoms with Gasteiger partial charge < -0.3 is 9.72 Å². The van der Waals surface area contributed by atoms with Gasteiger partial charge in [0.05, 0.1) is 17.6 Å². The molecular formula is C20H19BrN4O. The van der Waals surface area contributed by atoms with Gasteiger partial charge in [-0.3, -0.25) is 9.69 Å². The predicted molar refractivity (Wildman–Crippen MR) is 106 cm³/mol. The van der Waals surface area contributed by atoms with Crippen LogP contribution in [-0.2, 0) is 11.3 Å². The second-order valence-corrected chi connectivity index (χ2v) is 7.23. The average Bonchev–Trinajstić information content (AvgIpc) is 2.94. The highest BCUT2D eigenvalue weighted by Gasteiger charge is 2.14. The number of nitriles is 1. The number of likely N-dealkylation sites (N-methyl/N-ethyl adjacent to an activating group) is 1. The minimum absolute atomic E-state index is 0.0832. The van der Waals surface area contributed by atoms with Crippen LogP contribution in [0.2, 0.25) is 0 Å². The Hall–Kier alpha value is -2.62. The van der Waals surface area contributed by atoms with E-state index in [4.69, 9.17) is 0 Å². The molecule has 0 fully saturated rings. The zero-order chi connectivity index (χ0) is 18.7. The Bertz CT molecular complexity index is 1000. The lowest BCUT2D eigenvalue weighted by Gasteiger charge is -2.16. The molecule has 3 rings (SSSR count). The van der Waals surface area contributed by atoms with Crippen molar-refractivity contribution in [2.24, 2.45) is 0 Å². The number of rotatable bonds is 5. The normalized spacial score (nSPS) is 10.9. The number of nitrogens with one attached hydrogen (secondary N) is 1. The molecule has 0 spiro atoms. The highest BCUT2D eigenvalue weighted by Crippen LogP contribution is 2.21. The first-order chi connectivity index (χ1) is 12.5. The monoisotopic (exact) mass is 410 g/mol. The molecule has 26 heavy (non-hydrogen) atoms. The van der Waals surface area contributed by atoms with Crippen LogP contribution in [-0.4, -0.2) is 28.8 Å². The van der Waals surface area contributed by atoms with Gasteiger partial charge in [0.25, 0.3) is 0 Å². The highest BCUT2D eigenvalue weighted by atomic mass is 79.9. The number of aromatic nitrogens is 1. The molecule has 1 aromatic carbocycles. The van der Waals surface area contributed by atoms with Gasteiger partial charge in [-0.1, -0.05) is 22.0 Å². The van der Waals surface area contributed by atoms with Gasteiger partial charge in [-0.25, -0.2) is 0 Å². The van der Waals surface area contributed by atoms with Crippen molar-refractivity contribution in [2.45, 2.75) is 13.5 Å². The van der Waals surface area contributed by atoms with Crippen molar-refractivity contribution in [1.29, 1.82) is 5.26 Å². The van der Waals surface area contributed by atoms with Crippen LogP contribution >= 0.6 is 15.9 Å². The third-order valence-corrected chi connectivity index (χ3v) is 4.68. The van der Waals surface area contributed by atoms with E-state index in [0.717, 1.165) is 26.8 Å². The minimum Gasteiger partial charge on any atom is -0.325 e. The van der Waals surface area contributed by atoms with Crippen molar-refractivity contribution in [3.8, 4) is 6.07 Å². The van der Waals surface area contributed by atoms with E-state index in [-0.39, 0.29) is 12.5 Å². The van der Waals surface area contributed by atoms with Gasteiger partial charge in [0, 0.05) is 34.7 Å². The molecule has 0 aliphatic heterocycles. The van der Waals surface area contributed by atoms with Gasteiger partial charge in [0.2, 0.25) is 5.91 Å². The van der Waals surface area contributed by atoms with Crippen molar-refractivity contribution in [2.75, 3.05) is 18.9 Å². The topological polar surface area (TPSA) is 60.5 Å². The molecule has 1 amide bonds. The number of carbonyl (C=O) groups excluding carboxylic acids is 1. The fraction of sp³-hybridized carbons (Fsp3) is 0.200. The first kappa shape index (κ1) is 18.2. The molecule has 0 bridgehead atoms. The smallest absolute Gasteiger partial charge is 0.238 e. The van der Waals surface area contributed by atoms with Crippen LogP contribution in [0, 0.1) is 18.3 Å². The molecule has 6 heteroatoms. The lowest BCUT2D eigenvalue weighted by Crippen LogP contribution is -2.30. The number of halogens is 1. The van der Waals surface area contributed by atoms with Gasteiger partial charge in [0.1, 0.15) is 6.07 Å². The molecule has 0 atom stereocenters. The summed E-state index contributed by atoms with van der Waals surface area (Å²) in [5, 5.41) is 12.4. The number of nitrogens with zero attached hydrogens (tertiary/aromatic N) is 3. The maximum atomic E-state index is 12.3.